The number of ether oxygens (including phenoxy) is 1. The normalized spacial score (nSPS) is 12.0. The average Bonchev–Trinajstić information content (AvgIpc) is 2.35. The van der Waals surface area contributed by atoms with Crippen LogP contribution in [0.5, 0.6) is 5.75 Å². The Morgan fingerprint density at radius 2 is 2.00 bits per heavy atom. The molecular formula is C14H19F3N2OS. The first-order chi connectivity index (χ1) is 9.64. The highest BCUT2D eigenvalue weighted by atomic mass is 32.1. The molecule has 0 aliphatic heterocycles. The van der Waals surface area contributed by atoms with Gasteiger partial charge in [0, 0.05) is 12.6 Å². The number of methoxy groups -OCH3 is 1. The second kappa shape index (κ2) is 7.09. The molecule has 0 aliphatic carbocycles. The summed E-state index contributed by atoms with van der Waals surface area (Å²) in [6.45, 7) is 2.67. The van der Waals surface area contributed by atoms with Crippen LogP contribution in [-0.4, -0.2) is 35.8 Å². The van der Waals surface area contributed by atoms with Gasteiger partial charge in [-0.1, -0.05) is 18.3 Å². The van der Waals surface area contributed by atoms with Crippen molar-refractivity contribution >= 4 is 17.2 Å². The van der Waals surface area contributed by atoms with Crippen LogP contribution in [0.3, 0.4) is 0 Å². The van der Waals surface area contributed by atoms with Crippen molar-refractivity contribution < 1.29 is 17.9 Å². The van der Waals surface area contributed by atoms with Crippen molar-refractivity contribution in [1.82, 2.24) is 4.90 Å². The topological polar surface area (TPSA) is 38.5 Å². The molecule has 0 fully saturated rings. The van der Waals surface area contributed by atoms with Crippen LogP contribution >= 0.6 is 12.2 Å². The quantitative estimate of drug-likeness (QED) is 0.818. The van der Waals surface area contributed by atoms with Gasteiger partial charge >= 0.3 is 6.18 Å². The highest BCUT2D eigenvalue weighted by Gasteiger charge is 2.31. The molecule has 0 amide bonds. The Morgan fingerprint density at radius 3 is 2.43 bits per heavy atom. The Hall–Kier alpha value is -1.34. The molecule has 1 rings (SSSR count). The number of alkyl halides is 3. The molecule has 1 aromatic carbocycles. The zero-order chi connectivity index (χ0) is 16.2. The average molecular weight is 320 g/mol. The van der Waals surface area contributed by atoms with E-state index in [-0.39, 0.29) is 17.6 Å². The molecule has 21 heavy (non-hydrogen) atoms. The number of benzene rings is 1. The molecule has 0 bridgehead atoms. The van der Waals surface area contributed by atoms with Crippen LogP contribution in [0.2, 0.25) is 0 Å². The van der Waals surface area contributed by atoms with Gasteiger partial charge in [-0.15, -0.1) is 0 Å². The first kappa shape index (κ1) is 17.7. The Morgan fingerprint density at radius 1 is 1.38 bits per heavy atom. The largest absolute Gasteiger partial charge is 0.496 e. The summed E-state index contributed by atoms with van der Waals surface area (Å²) in [5, 5.41) is 0. The summed E-state index contributed by atoms with van der Waals surface area (Å²) in [4.78, 5) is 1.53. The van der Waals surface area contributed by atoms with Gasteiger partial charge in [0.2, 0.25) is 0 Å². The third kappa shape index (κ3) is 5.51. The van der Waals surface area contributed by atoms with Gasteiger partial charge in [-0.25, -0.2) is 0 Å². The Bertz CT molecular complexity index is 503. The molecule has 2 N–H and O–H groups in total. The zero-order valence-electron chi connectivity index (χ0n) is 12.2. The fraction of sp³-hybridized carbons (Fsp3) is 0.500. The van der Waals surface area contributed by atoms with Gasteiger partial charge in [0.15, 0.2) is 0 Å². The van der Waals surface area contributed by atoms with E-state index in [1.165, 1.54) is 12.0 Å². The molecule has 0 spiro atoms. The van der Waals surface area contributed by atoms with Gasteiger partial charge in [0.05, 0.1) is 19.2 Å². The van der Waals surface area contributed by atoms with E-state index in [9.17, 15) is 13.2 Å². The van der Waals surface area contributed by atoms with Gasteiger partial charge < -0.3 is 10.5 Å². The lowest BCUT2D eigenvalue weighted by atomic mass is 10.1. The van der Waals surface area contributed by atoms with Crippen LogP contribution in [0.25, 0.3) is 0 Å². The maximum absolute atomic E-state index is 12.6. The van der Waals surface area contributed by atoms with Crippen LogP contribution in [-0.2, 0) is 6.54 Å². The van der Waals surface area contributed by atoms with Crippen molar-refractivity contribution in [2.75, 3.05) is 13.7 Å². The first-order valence-corrected chi connectivity index (χ1v) is 6.82. The van der Waals surface area contributed by atoms with Gasteiger partial charge in [-0.3, -0.25) is 4.90 Å². The fourth-order valence-corrected chi connectivity index (χ4v) is 2.09. The number of thiocarbonyl (C=S) groups is 1. The van der Waals surface area contributed by atoms with Crippen LogP contribution in [0, 0.1) is 0 Å². The third-order valence-electron chi connectivity index (χ3n) is 3.03. The predicted molar refractivity (Wildman–Crippen MR) is 80.5 cm³/mol. The molecule has 0 heterocycles. The molecule has 0 radical (unpaired) electrons. The highest BCUT2D eigenvalue weighted by Crippen LogP contribution is 2.24. The van der Waals surface area contributed by atoms with Crippen molar-refractivity contribution in [1.29, 1.82) is 0 Å². The molecule has 0 aromatic heterocycles. The molecule has 3 nitrogen and oxygen atoms in total. The standard InChI is InChI=1S/C14H19F3N2OS/c1-9(2)19(8-14(15,16)17)7-10-4-5-11(13(18)21)12(6-10)20-3/h4-6,9H,7-8H2,1-3H3,(H2,18,21). The van der Waals surface area contributed by atoms with E-state index in [0.29, 0.717) is 16.9 Å². The monoisotopic (exact) mass is 320 g/mol. The van der Waals surface area contributed by atoms with Crippen molar-refractivity contribution in [3.05, 3.63) is 29.3 Å². The van der Waals surface area contributed by atoms with E-state index in [1.54, 1.807) is 32.0 Å². The van der Waals surface area contributed by atoms with Crippen molar-refractivity contribution in [2.45, 2.75) is 32.6 Å². The second-order valence-electron chi connectivity index (χ2n) is 5.01. The molecule has 1 aromatic rings. The summed E-state index contributed by atoms with van der Waals surface area (Å²) >= 11 is 4.90. The van der Waals surface area contributed by atoms with Crippen molar-refractivity contribution in [2.24, 2.45) is 5.73 Å². The van der Waals surface area contributed by atoms with E-state index in [0.717, 1.165) is 0 Å². The zero-order valence-corrected chi connectivity index (χ0v) is 13.0. The summed E-state index contributed by atoms with van der Waals surface area (Å²) in [7, 11) is 1.47. The smallest absolute Gasteiger partial charge is 0.401 e. The number of rotatable bonds is 6. The van der Waals surface area contributed by atoms with Crippen LogP contribution in [0.1, 0.15) is 25.0 Å². The maximum Gasteiger partial charge on any atom is 0.401 e. The van der Waals surface area contributed by atoms with Crippen LogP contribution in [0.15, 0.2) is 18.2 Å². The molecule has 0 aliphatic rings. The number of nitrogens with zero attached hydrogens (tertiary/aromatic N) is 1. The highest BCUT2D eigenvalue weighted by molar-refractivity contribution is 7.80. The molecule has 7 heteroatoms. The SMILES string of the molecule is COc1cc(CN(CC(F)(F)F)C(C)C)ccc1C(N)=S. The lowest BCUT2D eigenvalue weighted by Crippen LogP contribution is -2.38. The number of nitrogens with two attached hydrogens (primary N) is 1. The first-order valence-electron chi connectivity index (χ1n) is 6.41. The van der Waals surface area contributed by atoms with Crippen molar-refractivity contribution in [3.63, 3.8) is 0 Å². The third-order valence-corrected chi connectivity index (χ3v) is 3.25. The van der Waals surface area contributed by atoms with E-state index in [2.05, 4.69) is 0 Å². The minimum atomic E-state index is -4.23. The number of halogens is 3. The molecular weight excluding hydrogens is 301 g/mol. The van der Waals surface area contributed by atoms with E-state index in [4.69, 9.17) is 22.7 Å². The molecule has 0 unspecified atom stereocenters. The van der Waals surface area contributed by atoms with Gasteiger partial charge in [-0.2, -0.15) is 13.2 Å². The minimum Gasteiger partial charge on any atom is -0.496 e. The summed E-state index contributed by atoms with van der Waals surface area (Å²) < 4.78 is 42.9. The fourth-order valence-electron chi connectivity index (χ4n) is 1.92. The Labute approximate surface area is 127 Å². The summed E-state index contributed by atoms with van der Waals surface area (Å²) in [5.74, 6) is 0.468. The predicted octanol–water partition coefficient (Wildman–Crippen LogP) is 3.10. The lowest BCUT2D eigenvalue weighted by Gasteiger charge is -2.27. The van der Waals surface area contributed by atoms with Crippen LogP contribution < -0.4 is 10.5 Å². The maximum atomic E-state index is 12.6. The van der Waals surface area contributed by atoms with E-state index >= 15 is 0 Å². The Balaban J connectivity index is 2.97. The summed E-state index contributed by atoms with van der Waals surface area (Å²) in [6.07, 6.45) is -4.23. The Kier molecular flexibility index (Phi) is 5.98. The summed E-state index contributed by atoms with van der Waals surface area (Å²) in [6, 6.07) is 4.82. The molecule has 0 saturated carbocycles. The number of hydrogen-bond acceptors (Lipinski definition) is 3. The van der Waals surface area contributed by atoms with Crippen molar-refractivity contribution in [3.8, 4) is 5.75 Å². The van der Waals surface area contributed by atoms with Gasteiger partial charge in [-0.05, 0) is 31.5 Å². The molecule has 118 valence electrons. The van der Waals surface area contributed by atoms with Gasteiger partial charge in [0.25, 0.3) is 0 Å². The second-order valence-corrected chi connectivity index (χ2v) is 5.45. The molecule has 0 atom stereocenters. The lowest BCUT2D eigenvalue weighted by molar-refractivity contribution is -0.150. The van der Waals surface area contributed by atoms with E-state index < -0.39 is 12.7 Å². The van der Waals surface area contributed by atoms with E-state index in [1.807, 2.05) is 0 Å². The van der Waals surface area contributed by atoms with Gasteiger partial charge in [0.1, 0.15) is 10.7 Å². The van der Waals surface area contributed by atoms with Crippen LogP contribution in [0.4, 0.5) is 13.2 Å². The molecule has 0 saturated heterocycles. The minimum absolute atomic E-state index is 0.172. The number of hydrogen-bond donors (Lipinski definition) is 1. The summed E-state index contributed by atoms with van der Waals surface area (Å²) in [5.41, 5.74) is 6.85.